The number of methoxy groups -OCH3 is 1. The van der Waals surface area contributed by atoms with E-state index in [0.29, 0.717) is 30.4 Å². The topological polar surface area (TPSA) is 48.3 Å². The summed E-state index contributed by atoms with van der Waals surface area (Å²) in [6.07, 6.45) is 2.25. The summed E-state index contributed by atoms with van der Waals surface area (Å²) in [6.45, 7) is 2.90. The van der Waals surface area contributed by atoms with Crippen molar-refractivity contribution in [3.8, 4) is 6.07 Å². The van der Waals surface area contributed by atoms with Gasteiger partial charge in [-0.2, -0.15) is 5.26 Å². The number of hydrogen-bond acceptors (Lipinski definition) is 4. The fourth-order valence-corrected chi connectivity index (χ4v) is 2.98. The van der Waals surface area contributed by atoms with Crippen LogP contribution in [0.3, 0.4) is 0 Å². The number of anilines is 1. The van der Waals surface area contributed by atoms with Crippen LogP contribution in [-0.4, -0.2) is 39.4 Å². The molecule has 0 aromatic heterocycles. The van der Waals surface area contributed by atoms with Gasteiger partial charge in [0.05, 0.1) is 22.3 Å². The van der Waals surface area contributed by atoms with E-state index >= 15 is 0 Å². The fourth-order valence-electron chi connectivity index (χ4n) is 2.56. The summed E-state index contributed by atoms with van der Waals surface area (Å²) in [5.74, 6) is -0.386. The molecule has 1 aromatic carbocycles. The number of halogens is 2. The minimum Gasteiger partial charge on any atom is -0.383 e. The van der Waals surface area contributed by atoms with Crippen molar-refractivity contribution < 1.29 is 9.13 Å². The first-order chi connectivity index (χ1) is 10.2. The van der Waals surface area contributed by atoms with Gasteiger partial charge in [-0.15, -0.1) is 0 Å². The molecule has 0 saturated carbocycles. The van der Waals surface area contributed by atoms with Crippen LogP contribution in [0.4, 0.5) is 10.1 Å². The number of benzene rings is 1. The lowest BCUT2D eigenvalue weighted by Gasteiger charge is -2.28. The summed E-state index contributed by atoms with van der Waals surface area (Å²) < 4.78 is 19.9. The summed E-state index contributed by atoms with van der Waals surface area (Å²) in [4.78, 5) is 1.98. The van der Waals surface area contributed by atoms with E-state index in [9.17, 15) is 4.39 Å². The van der Waals surface area contributed by atoms with Gasteiger partial charge in [0.2, 0.25) is 0 Å². The molecule has 0 aliphatic carbocycles. The molecule has 1 N–H and O–H groups in total. The minimum atomic E-state index is -0.386. The number of rotatable bonds is 6. The first-order valence-corrected chi connectivity index (χ1v) is 7.82. The predicted octanol–water partition coefficient (Wildman–Crippen LogP) is 2.66. The van der Waals surface area contributed by atoms with Crippen LogP contribution in [0.1, 0.15) is 18.4 Å². The van der Waals surface area contributed by atoms with Gasteiger partial charge < -0.3 is 15.0 Å². The fraction of sp³-hybridized carbons (Fsp3) is 0.533. The van der Waals surface area contributed by atoms with Crippen LogP contribution in [-0.2, 0) is 4.74 Å². The Hall–Kier alpha value is -1.16. The molecular formula is C15H19BrFN3O. The third kappa shape index (κ3) is 3.94. The second-order valence-electron chi connectivity index (χ2n) is 5.10. The Labute approximate surface area is 133 Å². The van der Waals surface area contributed by atoms with Gasteiger partial charge in [-0.1, -0.05) is 0 Å². The SMILES string of the molecule is COCCN(CC1CCCN1)c1ccc(C#N)c(Br)c1F. The number of nitriles is 1. The number of nitrogens with zero attached hydrogens (tertiary/aromatic N) is 2. The molecule has 4 nitrogen and oxygen atoms in total. The Bertz CT molecular complexity index is 526. The summed E-state index contributed by atoms with van der Waals surface area (Å²) in [6, 6.07) is 5.66. The van der Waals surface area contributed by atoms with Gasteiger partial charge in [-0.05, 0) is 47.4 Å². The molecule has 1 aliphatic rings. The Kier molecular flexibility index (Phi) is 5.97. The zero-order valence-corrected chi connectivity index (χ0v) is 13.6. The first-order valence-electron chi connectivity index (χ1n) is 7.02. The maximum atomic E-state index is 14.5. The zero-order chi connectivity index (χ0) is 15.2. The van der Waals surface area contributed by atoms with Crippen LogP contribution in [0.25, 0.3) is 0 Å². The molecule has 0 amide bonds. The average molecular weight is 356 g/mol. The Morgan fingerprint density at radius 1 is 1.57 bits per heavy atom. The Balaban J connectivity index is 2.23. The first kappa shape index (κ1) is 16.2. The quantitative estimate of drug-likeness (QED) is 0.852. The van der Waals surface area contributed by atoms with Gasteiger partial charge in [0.25, 0.3) is 0 Å². The molecule has 21 heavy (non-hydrogen) atoms. The van der Waals surface area contributed by atoms with Crippen LogP contribution in [0.15, 0.2) is 16.6 Å². The van der Waals surface area contributed by atoms with Gasteiger partial charge >= 0.3 is 0 Å². The summed E-state index contributed by atoms with van der Waals surface area (Å²) in [5.41, 5.74) is 0.813. The van der Waals surface area contributed by atoms with Crippen molar-refractivity contribution in [1.29, 1.82) is 5.26 Å². The molecule has 1 fully saturated rings. The van der Waals surface area contributed by atoms with Crippen molar-refractivity contribution in [3.63, 3.8) is 0 Å². The second kappa shape index (κ2) is 7.74. The monoisotopic (exact) mass is 355 g/mol. The van der Waals surface area contributed by atoms with E-state index in [4.69, 9.17) is 10.00 Å². The van der Waals surface area contributed by atoms with Crippen molar-refractivity contribution in [3.05, 3.63) is 28.0 Å². The highest BCUT2D eigenvalue weighted by molar-refractivity contribution is 9.10. The average Bonchev–Trinajstić information content (AvgIpc) is 2.99. The molecule has 1 saturated heterocycles. The van der Waals surface area contributed by atoms with Crippen molar-refractivity contribution >= 4 is 21.6 Å². The molecule has 114 valence electrons. The molecule has 6 heteroatoms. The number of nitrogens with one attached hydrogen (secondary N) is 1. The predicted molar refractivity (Wildman–Crippen MR) is 83.9 cm³/mol. The maximum absolute atomic E-state index is 14.5. The van der Waals surface area contributed by atoms with Crippen LogP contribution in [0.5, 0.6) is 0 Å². The van der Waals surface area contributed by atoms with Gasteiger partial charge in [0, 0.05) is 26.2 Å². The molecule has 0 spiro atoms. The van der Waals surface area contributed by atoms with Crippen LogP contribution < -0.4 is 10.2 Å². The molecule has 0 bridgehead atoms. The van der Waals surface area contributed by atoms with Crippen molar-refractivity contribution in [2.24, 2.45) is 0 Å². The Morgan fingerprint density at radius 3 is 3.00 bits per heavy atom. The van der Waals surface area contributed by atoms with Gasteiger partial charge in [0.1, 0.15) is 6.07 Å². The summed E-state index contributed by atoms with van der Waals surface area (Å²) in [5, 5.41) is 12.4. The maximum Gasteiger partial charge on any atom is 0.161 e. The van der Waals surface area contributed by atoms with E-state index in [0.717, 1.165) is 25.9 Å². The van der Waals surface area contributed by atoms with Crippen LogP contribution in [0.2, 0.25) is 0 Å². The minimum absolute atomic E-state index is 0.226. The third-order valence-electron chi connectivity index (χ3n) is 3.69. The van der Waals surface area contributed by atoms with Crippen molar-refractivity contribution in [1.82, 2.24) is 5.32 Å². The molecule has 0 radical (unpaired) electrons. The standard InChI is InChI=1S/C15H19BrFN3O/c1-21-8-7-20(10-12-3-2-6-19-12)13-5-4-11(9-18)14(16)15(13)17/h4-5,12,19H,2-3,6-8,10H2,1H3. The molecule has 2 rings (SSSR count). The summed E-state index contributed by atoms with van der Waals surface area (Å²) >= 11 is 3.17. The molecular weight excluding hydrogens is 337 g/mol. The highest BCUT2D eigenvalue weighted by Crippen LogP contribution is 2.29. The normalized spacial score (nSPS) is 17.7. The third-order valence-corrected chi connectivity index (χ3v) is 4.47. The lowest BCUT2D eigenvalue weighted by atomic mass is 10.1. The van der Waals surface area contributed by atoms with Crippen molar-refractivity contribution in [2.45, 2.75) is 18.9 Å². The van der Waals surface area contributed by atoms with Crippen molar-refractivity contribution in [2.75, 3.05) is 38.3 Å². The Morgan fingerprint density at radius 2 is 2.38 bits per heavy atom. The van der Waals surface area contributed by atoms with E-state index in [1.54, 1.807) is 19.2 Å². The highest BCUT2D eigenvalue weighted by atomic mass is 79.9. The van der Waals surface area contributed by atoms with E-state index < -0.39 is 0 Å². The van der Waals surface area contributed by atoms with Crippen LogP contribution in [0, 0.1) is 17.1 Å². The van der Waals surface area contributed by atoms with Crippen LogP contribution >= 0.6 is 15.9 Å². The lowest BCUT2D eigenvalue weighted by molar-refractivity contribution is 0.204. The van der Waals surface area contributed by atoms with E-state index in [-0.39, 0.29) is 10.3 Å². The zero-order valence-electron chi connectivity index (χ0n) is 12.0. The smallest absolute Gasteiger partial charge is 0.161 e. The van der Waals surface area contributed by atoms with E-state index in [2.05, 4.69) is 21.2 Å². The largest absolute Gasteiger partial charge is 0.383 e. The molecule has 1 heterocycles. The molecule has 1 aromatic rings. The van der Waals surface area contributed by atoms with E-state index in [1.165, 1.54) is 0 Å². The van der Waals surface area contributed by atoms with Gasteiger partial charge in [0.15, 0.2) is 5.82 Å². The molecule has 1 unspecified atom stereocenters. The number of ether oxygens (including phenoxy) is 1. The highest BCUT2D eigenvalue weighted by Gasteiger charge is 2.21. The number of hydrogen-bond donors (Lipinski definition) is 1. The summed E-state index contributed by atoms with van der Waals surface area (Å²) in [7, 11) is 1.64. The van der Waals surface area contributed by atoms with Gasteiger partial charge in [-0.25, -0.2) is 4.39 Å². The molecule has 1 atom stereocenters. The molecule has 1 aliphatic heterocycles. The van der Waals surface area contributed by atoms with Gasteiger partial charge in [-0.3, -0.25) is 0 Å². The second-order valence-corrected chi connectivity index (χ2v) is 5.90. The lowest BCUT2D eigenvalue weighted by Crippen LogP contribution is -2.39. The van der Waals surface area contributed by atoms with E-state index in [1.807, 2.05) is 11.0 Å².